The molecule has 0 saturated heterocycles. The Labute approximate surface area is 513 Å². The van der Waals surface area contributed by atoms with E-state index in [1.807, 2.05) is 91.9 Å². The molecule has 0 aliphatic heterocycles. The largest absolute Gasteiger partial charge is 0.496 e. The quantitative estimate of drug-likeness (QED) is 0.0483. The van der Waals surface area contributed by atoms with Crippen LogP contribution in [0.2, 0.25) is 0 Å². The normalized spacial score (nSPS) is 9.65. The Morgan fingerprint density at radius 1 is 0.400 bits per heavy atom. The van der Waals surface area contributed by atoms with Crippen LogP contribution in [0, 0.1) is 6.92 Å². The van der Waals surface area contributed by atoms with Gasteiger partial charge < -0.3 is 47.4 Å². The third-order valence-corrected chi connectivity index (χ3v) is 14.6. The number of carbonyl (C=O) groups excluding carboxylic acids is 2. The van der Waals surface area contributed by atoms with Gasteiger partial charge in [0.15, 0.2) is 0 Å². The van der Waals surface area contributed by atoms with Crippen LogP contribution in [-0.2, 0) is 0 Å². The van der Waals surface area contributed by atoms with Crippen LogP contribution in [0.25, 0.3) is 12.2 Å². The first-order valence-corrected chi connectivity index (χ1v) is 27.9. The van der Waals surface area contributed by atoms with Crippen molar-refractivity contribution in [2.45, 2.75) is 31.4 Å². The topological polar surface area (TPSA) is 126 Å². The highest BCUT2D eigenvalue weighted by molar-refractivity contribution is 9.11. The van der Waals surface area contributed by atoms with Crippen molar-refractivity contribution in [2.75, 3.05) is 71.1 Å². The minimum atomic E-state index is -0.0222. The summed E-state index contributed by atoms with van der Waals surface area (Å²) in [7, 11) is 16.0. The zero-order chi connectivity index (χ0) is 59.9. The Hall–Kier alpha value is -6.19. The number of benzene rings is 7. The fraction of sp³-hybridized carbons (Fsp3) is 0.180. The molecule has 12 nitrogen and oxygen atoms in total. The molecule has 0 heterocycles. The summed E-state index contributed by atoms with van der Waals surface area (Å²) in [6, 6.07) is 36.5. The third-order valence-electron chi connectivity index (χ3n) is 10.5. The molecule has 0 unspecified atom stereocenters. The van der Waals surface area contributed by atoms with Crippen molar-refractivity contribution in [3.63, 3.8) is 0 Å². The lowest BCUT2D eigenvalue weighted by Gasteiger charge is -2.12. The predicted octanol–water partition coefficient (Wildman–Crippen LogP) is 17.2. The first kappa shape index (κ1) is 69.9. The van der Waals surface area contributed by atoms with E-state index in [1.54, 1.807) is 120 Å². The molecule has 0 spiro atoms. The zero-order valence-corrected chi connectivity index (χ0v) is 53.8. The van der Waals surface area contributed by atoms with E-state index in [0.717, 1.165) is 108 Å². The van der Waals surface area contributed by atoms with Gasteiger partial charge in [-0.05, 0) is 123 Å². The van der Waals surface area contributed by atoms with Crippen molar-refractivity contribution in [3.8, 4) is 57.5 Å². The molecule has 0 amide bonds. The minimum absolute atomic E-state index is 0.0166. The fourth-order valence-corrected chi connectivity index (χ4v) is 10.0. The smallest absolute Gasteiger partial charge is 0.224 e. The molecule has 0 saturated carbocycles. The minimum Gasteiger partial charge on any atom is -0.496 e. The summed E-state index contributed by atoms with van der Waals surface area (Å²) in [5, 5.41) is -0.0388. The van der Waals surface area contributed by atoms with Crippen molar-refractivity contribution < 1.29 is 57.0 Å². The molecule has 0 radical (unpaired) electrons. The Kier molecular flexibility index (Phi) is 32.9. The van der Waals surface area contributed by atoms with Crippen molar-refractivity contribution in [1.82, 2.24) is 0 Å². The lowest BCUT2D eigenvalue weighted by atomic mass is 10.2. The lowest BCUT2D eigenvalue weighted by molar-refractivity contribution is 0.108. The molecule has 0 aromatic heterocycles. The van der Waals surface area contributed by atoms with Gasteiger partial charge in [-0.2, -0.15) is 0 Å². The number of halogens is 2. The summed E-state index contributed by atoms with van der Waals surface area (Å²) in [4.78, 5) is 28.4. The lowest BCUT2D eigenvalue weighted by Crippen LogP contribution is -1.96. The summed E-state index contributed by atoms with van der Waals surface area (Å²) in [5.74, 6) is 7.02. The fourth-order valence-electron chi connectivity index (χ4n) is 6.61. The van der Waals surface area contributed by atoms with E-state index in [-0.39, 0.29) is 10.2 Å². The van der Waals surface area contributed by atoms with Crippen LogP contribution < -0.4 is 47.4 Å². The maximum atomic E-state index is 12.2. The van der Waals surface area contributed by atoms with Crippen LogP contribution in [-0.4, -0.2) is 81.3 Å². The second-order valence-electron chi connectivity index (χ2n) is 15.2. The van der Waals surface area contributed by atoms with E-state index in [2.05, 4.69) is 96.1 Å². The van der Waals surface area contributed by atoms with E-state index in [1.165, 1.54) is 0 Å². The van der Waals surface area contributed by atoms with E-state index >= 15 is 0 Å². The monoisotopic (exact) mass is 1310 g/mol. The van der Waals surface area contributed by atoms with Crippen molar-refractivity contribution >= 4 is 116 Å². The number of thioether (sulfide) groups is 2. The Morgan fingerprint density at radius 3 is 0.887 bits per heavy atom. The van der Waals surface area contributed by atoms with Crippen molar-refractivity contribution in [3.05, 3.63) is 184 Å². The molecular formula is C61H66Br2O12S5. The number of hydrogen-bond donors (Lipinski definition) is 3. The molecule has 0 atom stereocenters. The second-order valence-corrected chi connectivity index (χ2v) is 20.4. The predicted molar refractivity (Wildman–Crippen MR) is 344 cm³/mol. The van der Waals surface area contributed by atoms with E-state index in [4.69, 9.17) is 47.4 Å². The van der Waals surface area contributed by atoms with Gasteiger partial charge in [0.25, 0.3) is 0 Å². The van der Waals surface area contributed by atoms with Gasteiger partial charge in [0, 0.05) is 41.2 Å². The molecule has 7 aromatic carbocycles. The number of rotatable bonds is 16. The highest BCUT2D eigenvalue weighted by Gasteiger charge is 2.16. The molecule has 7 rings (SSSR count). The van der Waals surface area contributed by atoms with Gasteiger partial charge in [-0.25, -0.2) is 0 Å². The van der Waals surface area contributed by atoms with Gasteiger partial charge in [0.05, 0.1) is 82.2 Å². The number of carbonyl (C=O) groups is 2. The first-order chi connectivity index (χ1) is 38.4. The van der Waals surface area contributed by atoms with E-state index < -0.39 is 0 Å². The third kappa shape index (κ3) is 21.4. The Bertz CT molecular complexity index is 2920. The molecule has 80 heavy (non-hydrogen) atoms. The molecule has 7 aromatic rings. The maximum Gasteiger partial charge on any atom is 0.224 e. The van der Waals surface area contributed by atoms with Crippen LogP contribution >= 0.6 is 93.3 Å². The first-order valence-electron chi connectivity index (χ1n) is 23.4. The Balaban J connectivity index is 0.000000346. The molecule has 0 aliphatic carbocycles. The van der Waals surface area contributed by atoms with Crippen LogP contribution in [0.5, 0.6) is 57.5 Å². The standard InChI is InChI=1S/C17H16O3S.C15H13BrO3S.C10H12O2S.C9H12O2S.C8H9BrO2S.C2H4/c1-4-14-15(19-2)10-13(11-16(14)20-3)21-17(18)12-8-6-5-7-9-12;1-18-12-8-11(9-13(19-2)14(12)16)20-15(17)10-6-4-3-5-7-10;1-4-8-9(11-2)5-7(13)6-10(8)12-3;1-6-8(10-2)4-7(12)5-9(6)11-3;1-10-6-3-5(12)4-7(11-2)8(6)9;1-2/h4-11H,1H2,2-3H3;3-9H,1-2H3;4-6,13H,1H2,2-3H3;4-5,12H,1-3H3;3-4,12H,1-2H3;1-2H2. The van der Waals surface area contributed by atoms with Crippen molar-refractivity contribution in [1.29, 1.82) is 0 Å². The highest BCUT2D eigenvalue weighted by Crippen LogP contribution is 2.41. The van der Waals surface area contributed by atoms with Crippen LogP contribution in [0.15, 0.2) is 181 Å². The second kappa shape index (κ2) is 37.7. The van der Waals surface area contributed by atoms with Gasteiger partial charge in [-0.15, -0.1) is 51.0 Å². The summed E-state index contributed by atoms with van der Waals surface area (Å²) in [6.07, 6.45) is 3.37. The van der Waals surface area contributed by atoms with E-state index in [9.17, 15) is 9.59 Å². The highest BCUT2D eigenvalue weighted by atomic mass is 79.9. The van der Waals surface area contributed by atoms with Gasteiger partial charge >= 0.3 is 0 Å². The average Bonchev–Trinajstić information content (AvgIpc) is 3.49. The van der Waals surface area contributed by atoms with Gasteiger partial charge in [-0.1, -0.05) is 86.0 Å². The summed E-state index contributed by atoms with van der Waals surface area (Å²) in [5.41, 5.74) is 3.95. The maximum absolute atomic E-state index is 12.2. The van der Waals surface area contributed by atoms with E-state index in [0.29, 0.717) is 34.1 Å². The SMILES string of the molecule is C=C.C=Cc1c(OC)cc(S)cc1OC.C=Cc1c(OC)cc(SC(=O)c2ccccc2)cc1OC.COc1cc(S)cc(OC)c1Br.COc1cc(S)cc(OC)c1C.COc1cc(SC(=O)c2ccccc2)cc(OC)c1Br. The van der Waals surface area contributed by atoms with Crippen molar-refractivity contribution in [2.24, 2.45) is 0 Å². The van der Waals surface area contributed by atoms with Gasteiger partial charge in [0.2, 0.25) is 10.2 Å². The molecule has 0 bridgehead atoms. The summed E-state index contributed by atoms with van der Waals surface area (Å²) in [6.45, 7) is 15.4. The zero-order valence-electron chi connectivity index (χ0n) is 46.3. The molecule has 0 fully saturated rings. The number of methoxy groups -OCH3 is 10. The Morgan fingerprint density at radius 2 is 0.625 bits per heavy atom. The average molecular weight is 1310 g/mol. The molecule has 19 heteroatoms. The van der Waals surface area contributed by atoms with Crippen LogP contribution in [0.1, 0.15) is 37.4 Å². The number of thiol groups is 3. The molecule has 0 N–H and O–H groups in total. The molecule has 426 valence electrons. The van der Waals surface area contributed by atoms with Gasteiger partial charge in [0.1, 0.15) is 66.4 Å². The summed E-state index contributed by atoms with van der Waals surface area (Å²) >= 11 is 21.7. The number of hydrogen-bond acceptors (Lipinski definition) is 17. The summed E-state index contributed by atoms with van der Waals surface area (Å²) < 4.78 is 53.5. The molecular weight excluding hydrogens is 1240 g/mol. The van der Waals surface area contributed by atoms with Gasteiger partial charge in [-0.3, -0.25) is 9.59 Å². The van der Waals surface area contributed by atoms with Crippen LogP contribution in [0.3, 0.4) is 0 Å². The van der Waals surface area contributed by atoms with Crippen LogP contribution in [0.4, 0.5) is 0 Å². The number of ether oxygens (including phenoxy) is 10. The molecule has 0 aliphatic rings.